The van der Waals surface area contributed by atoms with Gasteiger partial charge in [0, 0.05) is 6.42 Å². The number of benzene rings is 1. The van der Waals surface area contributed by atoms with Crippen LogP contribution in [0.1, 0.15) is 12.5 Å². The Morgan fingerprint density at radius 1 is 1.40 bits per heavy atom. The monoisotopic (exact) mass is 227 g/mol. The Balaban J connectivity index is 0.00000196. The fraction of sp³-hybridized carbons (Fsp3) is 0.333. The Morgan fingerprint density at radius 3 is 2.53 bits per heavy atom. The predicted octanol–water partition coefficient (Wildman–Crippen LogP) is -2.04. The lowest BCUT2D eigenvalue weighted by Gasteiger charge is -2.08. The summed E-state index contributed by atoms with van der Waals surface area (Å²) in [5.74, 6) is 2.39. The molecule has 0 bridgehead atoms. The van der Waals surface area contributed by atoms with Gasteiger partial charge in [-0.2, -0.15) is 0 Å². The van der Waals surface area contributed by atoms with E-state index in [1.54, 1.807) is 0 Å². The molecule has 1 nitrogen and oxygen atoms in total. The number of terminal acetylenes is 1. The van der Waals surface area contributed by atoms with Gasteiger partial charge >= 0.3 is 0 Å². The number of quaternary nitrogens is 1. The van der Waals surface area contributed by atoms with E-state index in [0.717, 1.165) is 12.0 Å². The highest BCUT2D eigenvalue weighted by atomic mass is 35.5. The Labute approximate surface area is 96.5 Å². The summed E-state index contributed by atoms with van der Waals surface area (Å²) >= 11 is 0. The summed E-state index contributed by atoms with van der Waals surface area (Å²) in [6, 6.07) is 7.05. The minimum Gasteiger partial charge on any atom is -1.00 e. The average Bonchev–Trinajstić information content (AvgIpc) is 2.18. The van der Waals surface area contributed by atoms with E-state index in [1.165, 1.54) is 12.1 Å². The molecular weight excluding hydrogens is 213 g/mol. The first-order valence-electron chi connectivity index (χ1n) is 4.73. The summed E-state index contributed by atoms with van der Waals surface area (Å²) in [6.45, 7) is 2.81. The van der Waals surface area contributed by atoms with Gasteiger partial charge in [-0.1, -0.05) is 12.1 Å². The van der Waals surface area contributed by atoms with Gasteiger partial charge in [0.05, 0.1) is 6.04 Å². The molecule has 1 rings (SSSR count). The maximum atomic E-state index is 12.6. The van der Waals surface area contributed by atoms with Crippen molar-refractivity contribution in [3.05, 3.63) is 35.6 Å². The van der Waals surface area contributed by atoms with E-state index >= 15 is 0 Å². The van der Waals surface area contributed by atoms with Gasteiger partial charge in [0.1, 0.15) is 12.4 Å². The summed E-state index contributed by atoms with van der Waals surface area (Å²) in [7, 11) is 0. The maximum Gasteiger partial charge on any atom is 0.137 e. The van der Waals surface area contributed by atoms with Gasteiger partial charge in [-0.25, -0.2) is 4.39 Å². The number of hydrogen-bond donors (Lipinski definition) is 1. The smallest absolute Gasteiger partial charge is 0.137 e. The molecule has 1 aromatic rings. The van der Waals surface area contributed by atoms with Crippen molar-refractivity contribution in [1.82, 2.24) is 0 Å². The van der Waals surface area contributed by atoms with Gasteiger partial charge in [0.25, 0.3) is 0 Å². The second-order valence-electron chi connectivity index (χ2n) is 3.45. The van der Waals surface area contributed by atoms with Crippen molar-refractivity contribution < 1.29 is 22.1 Å². The molecule has 0 aliphatic carbocycles. The van der Waals surface area contributed by atoms with Gasteiger partial charge in [0.2, 0.25) is 0 Å². The third-order valence-electron chi connectivity index (χ3n) is 2.11. The van der Waals surface area contributed by atoms with E-state index in [2.05, 4.69) is 18.2 Å². The largest absolute Gasteiger partial charge is 1.00 e. The molecule has 15 heavy (non-hydrogen) atoms. The molecule has 0 radical (unpaired) electrons. The minimum absolute atomic E-state index is 0. The molecule has 0 aliphatic heterocycles. The normalized spacial score (nSPS) is 11.3. The predicted molar refractivity (Wildman–Crippen MR) is 55.2 cm³/mol. The molecule has 0 unspecified atom stereocenters. The number of halogens is 2. The molecule has 1 atom stereocenters. The van der Waals surface area contributed by atoms with E-state index in [4.69, 9.17) is 6.42 Å². The molecule has 2 N–H and O–H groups in total. The Bertz CT molecular complexity index is 315. The second-order valence-corrected chi connectivity index (χ2v) is 3.45. The molecule has 3 heteroatoms. The number of hydrogen-bond acceptors (Lipinski definition) is 0. The van der Waals surface area contributed by atoms with E-state index in [1.807, 2.05) is 12.1 Å². The van der Waals surface area contributed by atoms with Crippen LogP contribution in [0.3, 0.4) is 0 Å². The molecule has 0 aromatic heterocycles. The van der Waals surface area contributed by atoms with Crippen LogP contribution >= 0.6 is 0 Å². The van der Waals surface area contributed by atoms with Gasteiger partial charge in [0.15, 0.2) is 0 Å². The van der Waals surface area contributed by atoms with Gasteiger partial charge < -0.3 is 17.7 Å². The van der Waals surface area contributed by atoms with Crippen LogP contribution in [0.15, 0.2) is 24.3 Å². The summed E-state index contributed by atoms with van der Waals surface area (Å²) in [5, 5.41) is 2.10. The number of nitrogens with two attached hydrogens (primary N) is 1. The Hall–Kier alpha value is -1.04. The van der Waals surface area contributed by atoms with Crippen LogP contribution in [0, 0.1) is 18.2 Å². The first kappa shape index (κ1) is 14.0. The van der Waals surface area contributed by atoms with Gasteiger partial charge in [-0.05, 0) is 30.5 Å². The van der Waals surface area contributed by atoms with Crippen LogP contribution in [0.5, 0.6) is 0 Å². The van der Waals surface area contributed by atoms with Crippen LogP contribution in [-0.2, 0) is 6.42 Å². The third-order valence-corrected chi connectivity index (χ3v) is 2.11. The van der Waals surface area contributed by atoms with Crippen molar-refractivity contribution in [2.24, 2.45) is 0 Å². The summed E-state index contributed by atoms with van der Waals surface area (Å²) in [5.41, 5.74) is 1.15. The third kappa shape index (κ3) is 5.41. The lowest BCUT2D eigenvalue weighted by molar-refractivity contribution is -0.675. The molecule has 0 fully saturated rings. The minimum atomic E-state index is -0.186. The second kappa shape index (κ2) is 7.28. The highest BCUT2D eigenvalue weighted by molar-refractivity contribution is 5.16. The molecule has 0 amide bonds. The topological polar surface area (TPSA) is 16.6 Å². The Kier molecular flexibility index (Phi) is 6.77. The molecule has 0 saturated heterocycles. The van der Waals surface area contributed by atoms with Gasteiger partial charge in [-0.3, -0.25) is 0 Å². The van der Waals surface area contributed by atoms with Crippen molar-refractivity contribution in [2.75, 3.05) is 6.54 Å². The zero-order valence-corrected chi connectivity index (χ0v) is 9.47. The van der Waals surface area contributed by atoms with Crippen molar-refractivity contribution in [1.29, 1.82) is 0 Å². The zero-order valence-electron chi connectivity index (χ0n) is 8.71. The molecule has 0 aliphatic rings. The number of rotatable bonds is 4. The molecule has 82 valence electrons. The van der Waals surface area contributed by atoms with Crippen molar-refractivity contribution >= 4 is 0 Å². The van der Waals surface area contributed by atoms with Crippen molar-refractivity contribution in [3.8, 4) is 12.3 Å². The van der Waals surface area contributed by atoms with Crippen LogP contribution in [-0.4, -0.2) is 12.6 Å². The quantitative estimate of drug-likeness (QED) is 0.571. The van der Waals surface area contributed by atoms with E-state index in [0.29, 0.717) is 12.6 Å². The highest BCUT2D eigenvalue weighted by Gasteiger charge is 2.04. The first-order valence-corrected chi connectivity index (χ1v) is 4.73. The van der Waals surface area contributed by atoms with Crippen LogP contribution in [0.4, 0.5) is 4.39 Å². The lowest BCUT2D eigenvalue weighted by Crippen LogP contribution is -3.00. The summed E-state index contributed by atoms with van der Waals surface area (Å²) in [4.78, 5) is 0. The molecule has 0 spiro atoms. The van der Waals surface area contributed by atoms with Crippen molar-refractivity contribution in [3.63, 3.8) is 0 Å². The summed E-state index contributed by atoms with van der Waals surface area (Å²) in [6.07, 6.45) is 6.08. The van der Waals surface area contributed by atoms with Crippen molar-refractivity contribution in [2.45, 2.75) is 19.4 Å². The van der Waals surface area contributed by atoms with E-state index in [9.17, 15) is 4.39 Å². The Morgan fingerprint density at radius 2 is 2.00 bits per heavy atom. The molecule has 0 saturated carbocycles. The van der Waals surface area contributed by atoms with E-state index < -0.39 is 0 Å². The maximum absolute atomic E-state index is 12.6. The summed E-state index contributed by atoms with van der Waals surface area (Å²) < 4.78 is 12.6. The fourth-order valence-corrected chi connectivity index (χ4v) is 1.34. The fourth-order valence-electron chi connectivity index (χ4n) is 1.34. The standard InChI is InChI=1S/C12H14FN.ClH/c1-3-8-14-10(2)9-11-4-6-12(13)7-5-11;/h1,4-7,10,14H,8-9H2,2H3;1H/t10-;/m1./s1. The van der Waals surface area contributed by atoms with Crippen LogP contribution in [0.25, 0.3) is 0 Å². The van der Waals surface area contributed by atoms with E-state index in [-0.39, 0.29) is 18.2 Å². The molecular formula is C12H15ClFN. The van der Waals surface area contributed by atoms with Crippen LogP contribution in [0.2, 0.25) is 0 Å². The zero-order chi connectivity index (χ0) is 10.4. The van der Waals surface area contributed by atoms with Crippen LogP contribution < -0.4 is 17.7 Å². The first-order chi connectivity index (χ1) is 6.72. The molecule has 1 aromatic carbocycles. The average molecular weight is 228 g/mol. The molecule has 0 heterocycles. The van der Waals surface area contributed by atoms with Gasteiger partial charge in [-0.15, -0.1) is 6.42 Å². The SMILES string of the molecule is C#CC[NH2+][C@H](C)Cc1ccc(F)cc1.[Cl-]. The highest BCUT2D eigenvalue weighted by Crippen LogP contribution is 2.04. The lowest BCUT2D eigenvalue weighted by atomic mass is 10.1.